The molecule has 0 heterocycles. The molecule has 2 N–H and O–H groups in total. The summed E-state index contributed by atoms with van der Waals surface area (Å²) in [6.07, 6.45) is 9.24. The van der Waals surface area contributed by atoms with Crippen molar-refractivity contribution in [2.75, 3.05) is 6.61 Å². The third kappa shape index (κ3) is 4.23. The van der Waals surface area contributed by atoms with Gasteiger partial charge in [-0.1, -0.05) is 48.0 Å². The molecule has 2 nitrogen and oxygen atoms in total. The van der Waals surface area contributed by atoms with Crippen molar-refractivity contribution < 1.29 is 4.74 Å². The molecule has 0 aliphatic heterocycles. The van der Waals surface area contributed by atoms with Crippen LogP contribution in [0.15, 0.2) is 22.7 Å². The molecule has 20 heavy (non-hydrogen) atoms. The molecule has 0 spiro atoms. The number of halogens is 1. The molecule has 1 fully saturated rings. The SMILES string of the molecule is CCOc1ccc(Br)cc1C(N)C1CCCCCCC1. The van der Waals surface area contributed by atoms with Crippen LogP contribution < -0.4 is 10.5 Å². The van der Waals surface area contributed by atoms with Gasteiger partial charge in [0.1, 0.15) is 5.75 Å². The standard InChI is InChI=1S/C17H26BrNO/c1-2-20-16-11-10-14(18)12-15(16)17(19)13-8-6-4-3-5-7-9-13/h10-13,17H,2-9,19H2,1H3. The van der Waals surface area contributed by atoms with Gasteiger partial charge in [-0.2, -0.15) is 0 Å². The minimum absolute atomic E-state index is 0.0900. The lowest BCUT2D eigenvalue weighted by Gasteiger charge is -2.27. The average Bonchev–Trinajstić information content (AvgIpc) is 2.40. The Balaban J connectivity index is 2.17. The highest BCUT2D eigenvalue weighted by Gasteiger charge is 2.23. The van der Waals surface area contributed by atoms with Gasteiger partial charge in [-0.15, -0.1) is 0 Å². The molecule has 1 saturated carbocycles. The van der Waals surface area contributed by atoms with Crippen LogP contribution in [0, 0.1) is 5.92 Å². The predicted molar refractivity (Wildman–Crippen MR) is 88.0 cm³/mol. The molecule has 0 amide bonds. The molecule has 0 saturated heterocycles. The van der Waals surface area contributed by atoms with Gasteiger partial charge < -0.3 is 10.5 Å². The molecule has 1 unspecified atom stereocenters. The molecule has 0 radical (unpaired) electrons. The van der Waals surface area contributed by atoms with Crippen LogP contribution >= 0.6 is 15.9 Å². The number of ether oxygens (including phenoxy) is 1. The monoisotopic (exact) mass is 339 g/mol. The third-order valence-corrected chi connectivity index (χ3v) is 4.78. The van der Waals surface area contributed by atoms with E-state index in [2.05, 4.69) is 22.0 Å². The first-order valence-electron chi connectivity index (χ1n) is 7.90. The third-order valence-electron chi connectivity index (χ3n) is 4.29. The van der Waals surface area contributed by atoms with Gasteiger partial charge in [0.2, 0.25) is 0 Å². The van der Waals surface area contributed by atoms with Crippen molar-refractivity contribution in [3.63, 3.8) is 0 Å². The van der Waals surface area contributed by atoms with E-state index in [4.69, 9.17) is 10.5 Å². The van der Waals surface area contributed by atoms with Crippen LogP contribution in [0.1, 0.15) is 63.5 Å². The second-order valence-electron chi connectivity index (χ2n) is 5.75. The summed E-state index contributed by atoms with van der Waals surface area (Å²) < 4.78 is 6.84. The normalized spacial score (nSPS) is 19.1. The van der Waals surface area contributed by atoms with Gasteiger partial charge in [0.15, 0.2) is 0 Å². The first-order valence-corrected chi connectivity index (χ1v) is 8.69. The minimum Gasteiger partial charge on any atom is -0.494 e. The molecule has 112 valence electrons. The lowest BCUT2D eigenvalue weighted by molar-refractivity contribution is 0.304. The van der Waals surface area contributed by atoms with Crippen molar-refractivity contribution in [2.45, 2.75) is 57.9 Å². The number of hydrogen-bond acceptors (Lipinski definition) is 2. The summed E-state index contributed by atoms with van der Waals surface area (Å²) in [6, 6.07) is 6.28. The lowest BCUT2D eigenvalue weighted by atomic mass is 9.83. The van der Waals surface area contributed by atoms with Crippen LogP contribution in [0.3, 0.4) is 0 Å². The summed E-state index contributed by atoms with van der Waals surface area (Å²) in [5.41, 5.74) is 7.75. The summed E-state index contributed by atoms with van der Waals surface area (Å²) in [5, 5.41) is 0. The minimum atomic E-state index is 0.0900. The highest BCUT2D eigenvalue weighted by molar-refractivity contribution is 9.10. The van der Waals surface area contributed by atoms with Crippen LogP contribution in [-0.4, -0.2) is 6.61 Å². The molecule has 2 rings (SSSR count). The highest BCUT2D eigenvalue weighted by atomic mass is 79.9. The molecule has 0 bridgehead atoms. The zero-order valence-corrected chi connectivity index (χ0v) is 14.0. The number of hydrogen-bond donors (Lipinski definition) is 1. The first kappa shape index (κ1) is 15.8. The van der Waals surface area contributed by atoms with Gasteiger partial charge in [0.05, 0.1) is 6.61 Å². The number of nitrogens with two attached hydrogens (primary N) is 1. The van der Waals surface area contributed by atoms with E-state index in [1.165, 1.54) is 44.9 Å². The first-order chi connectivity index (χ1) is 9.72. The molecule has 1 aromatic carbocycles. The van der Waals surface area contributed by atoms with Crippen molar-refractivity contribution in [1.29, 1.82) is 0 Å². The number of benzene rings is 1. The molecule has 3 heteroatoms. The van der Waals surface area contributed by atoms with E-state index in [1.54, 1.807) is 0 Å². The zero-order valence-electron chi connectivity index (χ0n) is 12.4. The van der Waals surface area contributed by atoms with Crippen molar-refractivity contribution in [3.05, 3.63) is 28.2 Å². The van der Waals surface area contributed by atoms with E-state index in [0.29, 0.717) is 12.5 Å². The second kappa shape index (κ2) is 8.04. The van der Waals surface area contributed by atoms with Crippen LogP contribution in [0.5, 0.6) is 5.75 Å². The Labute approximate surface area is 131 Å². The topological polar surface area (TPSA) is 35.2 Å². The van der Waals surface area contributed by atoms with E-state index in [0.717, 1.165) is 15.8 Å². The summed E-state index contributed by atoms with van der Waals surface area (Å²) >= 11 is 3.56. The van der Waals surface area contributed by atoms with Crippen LogP contribution in [0.25, 0.3) is 0 Å². The number of rotatable bonds is 4. The summed E-state index contributed by atoms with van der Waals surface area (Å²) in [5.74, 6) is 1.54. The molecular formula is C17H26BrNO. The fourth-order valence-electron chi connectivity index (χ4n) is 3.17. The van der Waals surface area contributed by atoms with E-state index < -0.39 is 0 Å². The molecule has 0 aromatic heterocycles. The second-order valence-corrected chi connectivity index (χ2v) is 6.66. The molecule has 1 aliphatic carbocycles. The fourth-order valence-corrected chi connectivity index (χ4v) is 3.55. The van der Waals surface area contributed by atoms with Gasteiger partial charge in [-0.3, -0.25) is 0 Å². The van der Waals surface area contributed by atoms with Crippen molar-refractivity contribution in [1.82, 2.24) is 0 Å². The average molecular weight is 340 g/mol. The van der Waals surface area contributed by atoms with E-state index in [-0.39, 0.29) is 6.04 Å². The maximum atomic E-state index is 6.59. The van der Waals surface area contributed by atoms with E-state index in [9.17, 15) is 0 Å². The van der Waals surface area contributed by atoms with Gasteiger partial charge in [0, 0.05) is 16.1 Å². The largest absolute Gasteiger partial charge is 0.494 e. The fraction of sp³-hybridized carbons (Fsp3) is 0.647. The zero-order chi connectivity index (χ0) is 14.4. The van der Waals surface area contributed by atoms with Crippen molar-refractivity contribution in [2.24, 2.45) is 11.7 Å². The Morgan fingerprint density at radius 3 is 2.50 bits per heavy atom. The molecule has 1 atom stereocenters. The van der Waals surface area contributed by atoms with Crippen LogP contribution in [-0.2, 0) is 0 Å². The Hall–Kier alpha value is -0.540. The molecular weight excluding hydrogens is 314 g/mol. The molecule has 1 aliphatic rings. The lowest BCUT2D eigenvalue weighted by Crippen LogP contribution is -2.23. The Morgan fingerprint density at radius 2 is 1.85 bits per heavy atom. The van der Waals surface area contributed by atoms with Gasteiger partial charge in [0.25, 0.3) is 0 Å². The maximum absolute atomic E-state index is 6.59. The predicted octanol–water partition coefficient (Wildman–Crippen LogP) is 5.21. The Bertz CT molecular complexity index is 413. The van der Waals surface area contributed by atoms with Gasteiger partial charge in [-0.25, -0.2) is 0 Å². The van der Waals surface area contributed by atoms with Crippen molar-refractivity contribution >= 4 is 15.9 Å². The summed E-state index contributed by atoms with van der Waals surface area (Å²) in [7, 11) is 0. The maximum Gasteiger partial charge on any atom is 0.124 e. The smallest absolute Gasteiger partial charge is 0.124 e. The summed E-state index contributed by atoms with van der Waals surface area (Å²) in [4.78, 5) is 0. The van der Waals surface area contributed by atoms with Crippen molar-refractivity contribution in [3.8, 4) is 5.75 Å². The Kier molecular flexibility index (Phi) is 6.37. The van der Waals surface area contributed by atoms with Crippen LogP contribution in [0.4, 0.5) is 0 Å². The molecule has 1 aromatic rings. The van der Waals surface area contributed by atoms with Crippen LogP contribution in [0.2, 0.25) is 0 Å². The van der Waals surface area contributed by atoms with E-state index in [1.807, 2.05) is 19.1 Å². The Morgan fingerprint density at radius 1 is 1.20 bits per heavy atom. The highest BCUT2D eigenvalue weighted by Crippen LogP contribution is 2.36. The van der Waals surface area contributed by atoms with Gasteiger partial charge in [-0.05, 0) is 43.9 Å². The summed E-state index contributed by atoms with van der Waals surface area (Å²) in [6.45, 7) is 2.71. The van der Waals surface area contributed by atoms with E-state index >= 15 is 0 Å². The quantitative estimate of drug-likeness (QED) is 0.817. The van der Waals surface area contributed by atoms with Gasteiger partial charge >= 0.3 is 0 Å².